The molecule has 0 radical (unpaired) electrons. The minimum absolute atomic E-state index is 0.0376. The molecule has 2 unspecified atom stereocenters. The average Bonchev–Trinajstić information content (AvgIpc) is 3.40. The van der Waals surface area contributed by atoms with Crippen LogP contribution in [0.5, 0.6) is 5.88 Å². The summed E-state index contributed by atoms with van der Waals surface area (Å²) in [4.78, 5) is 12.1. The van der Waals surface area contributed by atoms with Gasteiger partial charge in [0, 0.05) is 18.9 Å². The number of aromatic nitrogens is 2. The molecule has 27 heavy (non-hydrogen) atoms. The fourth-order valence-corrected chi connectivity index (χ4v) is 3.96. The number of esters is 1. The second-order valence-electron chi connectivity index (χ2n) is 8.02. The zero-order valence-corrected chi connectivity index (χ0v) is 17.6. The van der Waals surface area contributed by atoms with Gasteiger partial charge in [-0.25, -0.2) is 0 Å². The Morgan fingerprint density at radius 2 is 2.15 bits per heavy atom. The van der Waals surface area contributed by atoms with Crippen molar-refractivity contribution in [2.45, 2.75) is 65.0 Å². The molecule has 2 atom stereocenters. The normalized spacial score (nSPS) is 23.6. The van der Waals surface area contributed by atoms with Crippen LogP contribution in [0.3, 0.4) is 0 Å². The largest absolute Gasteiger partial charge is 0.475 e. The molecule has 150 valence electrons. The van der Waals surface area contributed by atoms with Crippen molar-refractivity contribution in [1.82, 2.24) is 8.75 Å². The van der Waals surface area contributed by atoms with Crippen molar-refractivity contribution in [1.29, 1.82) is 0 Å². The first-order valence-electron chi connectivity index (χ1n) is 10.2. The number of carbonyl (C=O) groups excluding carboxylic acids is 1. The summed E-state index contributed by atoms with van der Waals surface area (Å²) < 4.78 is 21.2. The number of rotatable bonds is 10. The minimum Gasteiger partial charge on any atom is -0.475 e. The third-order valence-electron chi connectivity index (χ3n) is 5.64. The lowest BCUT2D eigenvalue weighted by atomic mass is 10.0. The Morgan fingerprint density at radius 1 is 1.33 bits per heavy atom. The van der Waals surface area contributed by atoms with E-state index < -0.39 is 0 Å². The molecule has 0 bridgehead atoms. The Morgan fingerprint density at radius 3 is 2.89 bits per heavy atom. The molecule has 2 heterocycles. The van der Waals surface area contributed by atoms with Gasteiger partial charge in [-0.15, -0.1) is 4.37 Å². The number of nitrogens with zero attached hydrogens (tertiary/aromatic N) is 3. The molecule has 2 aliphatic rings. The Hall–Kier alpha value is -1.47. The van der Waals surface area contributed by atoms with E-state index in [4.69, 9.17) is 9.47 Å². The molecule has 1 aliphatic heterocycles. The van der Waals surface area contributed by atoms with Crippen molar-refractivity contribution >= 4 is 23.3 Å². The van der Waals surface area contributed by atoms with Crippen LogP contribution in [0.15, 0.2) is 6.08 Å². The highest BCUT2D eigenvalue weighted by Crippen LogP contribution is 2.34. The topological polar surface area (TPSA) is 61.3 Å². The van der Waals surface area contributed by atoms with Crippen LogP contribution < -0.4 is 4.74 Å². The van der Waals surface area contributed by atoms with E-state index in [0.29, 0.717) is 17.0 Å². The van der Waals surface area contributed by atoms with Gasteiger partial charge in [0.15, 0.2) is 0 Å². The Balaban J connectivity index is 1.59. The molecule has 3 rings (SSSR count). The molecule has 1 saturated carbocycles. The smallest absolute Gasteiger partial charge is 0.313 e. The highest BCUT2D eigenvalue weighted by molar-refractivity contribution is 6.99. The first kappa shape index (κ1) is 20.3. The van der Waals surface area contributed by atoms with Gasteiger partial charge in [0.2, 0.25) is 6.23 Å². The lowest BCUT2D eigenvalue weighted by Gasteiger charge is -2.41. The number of ether oxygens (including phenoxy) is 2. The molecule has 6 nitrogen and oxygen atoms in total. The van der Waals surface area contributed by atoms with Gasteiger partial charge in [-0.1, -0.05) is 32.3 Å². The van der Waals surface area contributed by atoms with Gasteiger partial charge in [-0.2, -0.15) is 4.37 Å². The van der Waals surface area contributed by atoms with Crippen LogP contribution >= 0.6 is 11.7 Å². The highest BCUT2D eigenvalue weighted by atomic mass is 32.1. The SMILES string of the molecule is CCCCCCOc1nsnc1C1=CCC[N+](C)(C(C)OC(=O)C2CC2)C1. The molecule has 1 aromatic heterocycles. The molecule has 0 aromatic carbocycles. The second kappa shape index (κ2) is 9.15. The molecule has 1 aromatic rings. The summed E-state index contributed by atoms with van der Waals surface area (Å²) in [6.07, 6.45) is 9.65. The van der Waals surface area contributed by atoms with E-state index in [-0.39, 0.29) is 18.1 Å². The summed E-state index contributed by atoms with van der Waals surface area (Å²) in [5, 5.41) is 0. The maximum Gasteiger partial charge on any atom is 0.313 e. The number of likely N-dealkylation sites (N-methyl/N-ethyl adjacent to an activating group) is 1. The van der Waals surface area contributed by atoms with Gasteiger partial charge in [0.1, 0.15) is 12.2 Å². The van der Waals surface area contributed by atoms with Crippen molar-refractivity contribution in [3.63, 3.8) is 0 Å². The van der Waals surface area contributed by atoms with Gasteiger partial charge in [-0.3, -0.25) is 9.28 Å². The predicted molar refractivity (Wildman–Crippen MR) is 106 cm³/mol. The fourth-order valence-electron chi connectivity index (χ4n) is 3.43. The van der Waals surface area contributed by atoms with E-state index in [2.05, 4.69) is 28.8 Å². The monoisotopic (exact) mass is 394 g/mol. The Kier molecular flexibility index (Phi) is 6.87. The summed E-state index contributed by atoms with van der Waals surface area (Å²) in [5.41, 5.74) is 2.01. The van der Waals surface area contributed by atoms with Crippen LogP contribution in [0.1, 0.15) is 64.5 Å². The number of carbonyl (C=O) groups is 1. The fraction of sp³-hybridized carbons (Fsp3) is 0.750. The summed E-state index contributed by atoms with van der Waals surface area (Å²) in [6.45, 7) is 6.63. The van der Waals surface area contributed by atoms with Crippen molar-refractivity contribution in [2.75, 3.05) is 26.7 Å². The van der Waals surface area contributed by atoms with E-state index >= 15 is 0 Å². The first-order chi connectivity index (χ1) is 13.0. The predicted octanol–water partition coefficient (Wildman–Crippen LogP) is 4.03. The van der Waals surface area contributed by atoms with Crippen molar-refractivity contribution < 1.29 is 18.8 Å². The van der Waals surface area contributed by atoms with Crippen molar-refractivity contribution in [2.24, 2.45) is 5.92 Å². The molecular formula is C20H32N3O3S+. The first-order valence-corrected chi connectivity index (χ1v) is 11.0. The summed E-state index contributed by atoms with van der Waals surface area (Å²) in [5.74, 6) is 0.748. The lowest BCUT2D eigenvalue weighted by Crippen LogP contribution is -2.55. The average molecular weight is 395 g/mol. The van der Waals surface area contributed by atoms with Gasteiger partial charge in [0.05, 0.1) is 37.8 Å². The van der Waals surface area contributed by atoms with Crippen LogP contribution in [0, 0.1) is 5.92 Å². The van der Waals surface area contributed by atoms with Crippen LogP contribution in [0.2, 0.25) is 0 Å². The molecule has 0 amide bonds. The molecule has 0 N–H and O–H groups in total. The summed E-state index contributed by atoms with van der Waals surface area (Å²) >= 11 is 1.20. The number of quaternary nitrogens is 1. The van der Waals surface area contributed by atoms with Crippen molar-refractivity contribution in [3.05, 3.63) is 11.8 Å². The lowest BCUT2D eigenvalue weighted by molar-refractivity contribution is -0.944. The number of hydrogen-bond donors (Lipinski definition) is 0. The van der Waals surface area contributed by atoms with Crippen molar-refractivity contribution in [3.8, 4) is 5.88 Å². The molecular weight excluding hydrogens is 362 g/mol. The van der Waals surface area contributed by atoms with E-state index in [1.807, 2.05) is 6.92 Å². The number of unbranched alkanes of at least 4 members (excludes halogenated alkanes) is 3. The van der Waals surface area contributed by atoms with Crippen LogP contribution in [-0.4, -0.2) is 52.2 Å². The maximum absolute atomic E-state index is 12.1. The quantitative estimate of drug-likeness (QED) is 0.341. The molecule has 1 aliphatic carbocycles. The summed E-state index contributed by atoms with van der Waals surface area (Å²) in [7, 11) is 2.16. The third kappa shape index (κ3) is 5.29. The van der Waals surface area contributed by atoms with E-state index in [1.54, 1.807) is 0 Å². The van der Waals surface area contributed by atoms with E-state index in [1.165, 1.54) is 31.0 Å². The van der Waals surface area contributed by atoms with E-state index in [9.17, 15) is 4.79 Å². The third-order valence-corrected chi connectivity index (χ3v) is 6.15. The Bertz CT molecular complexity index is 671. The minimum atomic E-state index is -0.160. The Labute approximate surface area is 166 Å². The second-order valence-corrected chi connectivity index (χ2v) is 8.55. The van der Waals surface area contributed by atoms with Gasteiger partial charge in [0.25, 0.3) is 5.88 Å². The van der Waals surface area contributed by atoms with Gasteiger partial charge in [-0.05, 0) is 19.3 Å². The summed E-state index contributed by atoms with van der Waals surface area (Å²) in [6, 6.07) is 0. The van der Waals surface area contributed by atoms with Crippen LogP contribution in [0.4, 0.5) is 0 Å². The standard InChI is InChI=1S/C20H32N3O3S/c1-4-5-6-7-13-25-19-18(21-27-22-19)17-9-8-12-23(3,14-17)15(2)26-20(24)16-10-11-16/h9,15-16H,4-8,10-14H2,1-3H3/q+1. The van der Waals surface area contributed by atoms with Crippen LogP contribution in [0.25, 0.3) is 5.57 Å². The van der Waals surface area contributed by atoms with Gasteiger partial charge < -0.3 is 9.47 Å². The molecule has 7 heteroatoms. The number of hydrogen-bond acceptors (Lipinski definition) is 6. The zero-order valence-electron chi connectivity index (χ0n) is 16.8. The van der Waals surface area contributed by atoms with Gasteiger partial charge >= 0.3 is 5.97 Å². The van der Waals surface area contributed by atoms with Crippen LogP contribution in [-0.2, 0) is 9.53 Å². The zero-order chi connectivity index (χ0) is 19.3. The highest BCUT2D eigenvalue weighted by Gasteiger charge is 2.39. The molecule has 0 spiro atoms. The maximum atomic E-state index is 12.1. The van der Waals surface area contributed by atoms with E-state index in [0.717, 1.165) is 50.0 Å². The molecule has 1 fully saturated rings. The molecule has 0 saturated heterocycles.